The number of esters is 1. The Kier molecular flexibility index (Phi) is 20.1. The molecule has 9 atom stereocenters. The quantitative estimate of drug-likeness (QED) is 0.0436. The molecule has 2 aliphatic heterocycles. The zero-order chi connectivity index (χ0) is 56.4. The highest BCUT2D eigenvalue weighted by Crippen LogP contribution is 2.49. The van der Waals surface area contributed by atoms with Crippen LogP contribution < -0.4 is 15.6 Å². The number of rotatable bonds is 17. The highest BCUT2D eigenvalue weighted by molar-refractivity contribution is 7.38. The number of carbonyl (C=O) groups is 1. The maximum absolute atomic E-state index is 12.7. The summed E-state index contributed by atoms with van der Waals surface area (Å²) < 4.78 is 55.7. The molecule has 6 aromatic heterocycles. The molecule has 0 radical (unpaired) electrons. The zero-order valence-electron chi connectivity index (χ0n) is 47.4. The third-order valence-corrected chi connectivity index (χ3v) is 28.1. The van der Waals surface area contributed by atoms with Crippen molar-refractivity contribution in [3.8, 4) is 5.75 Å². The van der Waals surface area contributed by atoms with Crippen molar-refractivity contribution in [3.05, 3.63) is 88.5 Å². The summed E-state index contributed by atoms with van der Waals surface area (Å²) in [4.78, 5) is 60.2. The lowest BCUT2D eigenvalue weighted by atomic mass is 10.1. The van der Waals surface area contributed by atoms with Crippen molar-refractivity contribution in [1.29, 1.82) is 0 Å². The van der Waals surface area contributed by atoms with Gasteiger partial charge < -0.3 is 28.2 Å². The molecule has 9 rings (SSSR count). The largest absolute Gasteiger partial charge is 0.552 e. The Bertz CT molecular complexity index is 3200. The van der Waals surface area contributed by atoms with Gasteiger partial charge in [-0.15, -0.1) is 0 Å². The fourth-order valence-electron chi connectivity index (χ4n) is 12.4. The summed E-state index contributed by atoms with van der Waals surface area (Å²) in [6.07, 6.45) is 6.88. The van der Waals surface area contributed by atoms with E-state index in [1.807, 2.05) is 41.2 Å². The summed E-state index contributed by atoms with van der Waals surface area (Å²) in [5, 5.41) is 11.3. The van der Waals surface area contributed by atoms with Crippen LogP contribution in [0, 0.1) is 0 Å². The molecular formula is C54H84N10O11PSi2+. The monoisotopic (exact) mass is 1140 g/mol. The molecule has 0 spiro atoms. The molecule has 21 nitrogen and oxygen atoms in total. The lowest BCUT2D eigenvalue weighted by Crippen LogP contribution is -2.53. The molecule has 78 heavy (non-hydrogen) atoms. The van der Waals surface area contributed by atoms with Gasteiger partial charge >= 0.3 is 14.0 Å². The van der Waals surface area contributed by atoms with Crippen molar-refractivity contribution >= 4 is 64.5 Å². The summed E-state index contributed by atoms with van der Waals surface area (Å²) >= 11 is 0. The van der Waals surface area contributed by atoms with Crippen LogP contribution in [-0.2, 0) is 32.4 Å². The average molecular weight is 1140 g/mol. The molecule has 2 saturated heterocycles. The van der Waals surface area contributed by atoms with Crippen LogP contribution in [0.15, 0.2) is 77.4 Å². The fourth-order valence-corrected chi connectivity index (χ4v) is 23.9. The van der Waals surface area contributed by atoms with E-state index >= 15 is 0 Å². The Hall–Kier alpha value is -5.40. The van der Waals surface area contributed by atoms with Gasteiger partial charge in [-0.1, -0.05) is 123 Å². The van der Waals surface area contributed by atoms with Crippen LogP contribution in [0.1, 0.15) is 137 Å². The van der Waals surface area contributed by atoms with Crippen LogP contribution in [0.5, 0.6) is 5.75 Å². The molecule has 3 N–H and O–H groups in total. The first-order valence-electron chi connectivity index (χ1n) is 26.9. The first kappa shape index (κ1) is 61.8. The Labute approximate surface area is 459 Å². The molecule has 2 aliphatic rings. The lowest BCUT2D eigenvalue weighted by molar-refractivity contribution is -0.152. The lowest BCUT2D eigenvalue weighted by Gasteiger charge is -2.45. The molecule has 0 saturated carbocycles. The van der Waals surface area contributed by atoms with Crippen molar-refractivity contribution in [1.82, 2.24) is 47.8 Å². The second-order valence-corrected chi connectivity index (χ2v) is 33.8. The summed E-state index contributed by atoms with van der Waals surface area (Å²) in [6, 6.07) is 9.12. The maximum Gasteiger partial charge on any atom is 0.552 e. The Morgan fingerprint density at radius 3 is 1.47 bits per heavy atom. The molecular weight excluding hydrogens is 1050 g/mol. The first-order valence-corrected chi connectivity index (χ1v) is 32.8. The Balaban J connectivity index is 0.000000212. The van der Waals surface area contributed by atoms with Crippen molar-refractivity contribution in [2.45, 2.75) is 206 Å². The summed E-state index contributed by atoms with van der Waals surface area (Å²) in [6.45, 7) is 33.6. The Morgan fingerprint density at radius 2 is 1.08 bits per heavy atom. The number of aliphatic hydroxyl groups is 1. The van der Waals surface area contributed by atoms with Gasteiger partial charge in [0.2, 0.25) is 28.2 Å². The topological polar surface area (TPSA) is 246 Å². The molecule has 8 heterocycles. The molecule has 428 valence electrons. The fraction of sp³-hybridized carbons (Fsp3) is 0.611. The number of hydrogen-bond donors (Lipinski definition) is 3. The van der Waals surface area contributed by atoms with Gasteiger partial charge in [-0.25, -0.2) is 19.9 Å². The minimum atomic E-state index is -2.39. The van der Waals surface area contributed by atoms with Crippen LogP contribution in [0.25, 0.3) is 33.9 Å². The van der Waals surface area contributed by atoms with Gasteiger partial charge in [0.25, 0.3) is 11.1 Å². The van der Waals surface area contributed by atoms with Gasteiger partial charge in [-0.05, 0) is 62.8 Å². The number of para-hydroxylation sites is 1. The van der Waals surface area contributed by atoms with E-state index in [2.05, 4.69) is 113 Å². The minimum Gasteiger partial charge on any atom is -0.457 e. The van der Waals surface area contributed by atoms with Crippen LogP contribution in [0.2, 0.25) is 33.2 Å². The number of H-pyrrole nitrogens is 2. The van der Waals surface area contributed by atoms with Gasteiger partial charge in [0.15, 0.2) is 53.3 Å². The van der Waals surface area contributed by atoms with Crippen molar-refractivity contribution in [2.24, 2.45) is 0 Å². The van der Waals surface area contributed by atoms with Gasteiger partial charge in [-0.3, -0.25) is 46.8 Å². The number of imidazole rings is 4. The predicted octanol–water partition coefficient (Wildman–Crippen LogP) is 10.8. The normalized spacial score (nSPS) is 22.0. The summed E-state index contributed by atoms with van der Waals surface area (Å²) in [5.74, 6) is 1.13. The van der Waals surface area contributed by atoms with Gasteiger partial charge in [0.1, 0.15) is 18.3 Å². The number of carbonyl (C=O) groups excluding carboxylic acids is 1. The smallest absolute Gasteiger partial charge is 0.457 e. The van der Waals surface area contributed by atoms with E-state index < -0.39 is 61.5 Å². The molecule has 24 heteroatoms. The zero-order valence-corrected chi connectivity index (χ0v) is 50.3. The third-order valence-electron chi connectivity index (χ3n) is 15.5. The number of nitrogens with one attached hydrogen (secondary N) is 2. The highest BCUT2D eigenvalue weighted by atomic mass is 31.1. The average Bonchev–Trinajstić information content (AvgIpc) is 4.37. The molecule has 2 fully saturated rings. The SMILES string of the molecule is C.CC[C@H]1O[C@@H](n2cnc3c(=O)[nH]c4nccn4c32)[C@H](O[Si](C(C)C)(C(C)C)C(C)C)[C@@H]1O.CC[C@H]1O[C@@H](n2cnc3c(=O)[nH]c4nccn4c32)[C@H](O[Si](C(C)C)(C(C)C)C(C)C)[C@@H]1OC(C)=O.C[P+](=O)Oc1ccccc1. The van der Waals surface area contributed by atoms with E-state index in [-0.39, 0.29) is 42.2 Å². The maximum atomic E-state index is 12.7. The number of nitrogens with zero attached hydrogens (tertiary/aromatic N) is 8. The molecule has 7 aromatic rings. The van der Waals surface area contributed by atoms with E-state index in [0.717, 1.165) is 0 Å². The van der Waals surface area contributed by atoms with Crippen LogP contribution in [0.4, 0.5) is 0 Å². The van der Waals surface area contributed by atoms with E-state index in [0.29, 0.717) is 80.2 Å². The second-order valence-electron chi connectivity index (χ2n) is 22.0. The molecule has 1 unspecified atom stereocenters. The van der Waals surface area contributed by atoms with Crippen LogP contribution >= 0.6 is 8.03 Å². The van der Waals surface area contributed by atoms with E-state index in [4.69, 9.17) is 27.6 Å². The van der Waals surface area contributed by atoms with Gasteiger partial charge in [-0.2, -0.15) is 0 Å². The van der Waals surface area contributed by atoms with Crippen molar-refractivity contribution in [2.75, 3.05) is 6.66 Å². The Morgan fingerprint density at radius 1 is 0.667 bits per heavy atom. The van der Waals surface area contributed by atoms with Crippen molar-refractivity contribution in [3.63, 3.8) is 0 Å². The minimum absolute atomic E-state index is 0. The first-order chi connectivity index (χ1) is 36.4. The van der Waals surface area contributed by atoms with Gasteiger partial charge in [0, 0.05) is 31.7 Å². The highest BCUT2D eigenvalue weighted by Gasteiger charge is 2.56. The standard InChI is InChI=1S/C24H37N5O5Si.C22H35N5O4Si.C7H8O2P.CH4/c1-9-17-19(32-16(8)30)20(34-35(13(2)3,14(4)5)15(6)7)23(33-17)29-12-26-18-21(31)27-24-25-10-11-28(24)22(18)29;1-8-15-17(28)18(31-32(12(2)3,13(4)5)14(6)7)21(30-15)27-11-24-16-19(29)25-22-23-9-10-26(22)20(16)27;1-10(8)9-7-5-3-2-4-6-7;/h10-15,17,19-20,23H,9H2,1-8H3,(H,25,27,31);9-15,17-18,21,28H,8H2,1-7H3,(H,23,25,29);2-6H,1H3;1H4/q;;+1;/t17-,19-,20-,23-;15-,17-,18-,21-;;/m11../s1. The number of aliphatic hydroxyl groups excluding tert-OH is 1. The molecule has 0 amide bonds. The summed E-state index contributed by atoms with van der Waals surface area (Å²) in [5.41, 5.74) is 3.13. The van der Waals surface area contributed by atoms with Crippen LogP contribution in [-0.4, -0.2) is 119 Å². The number of aromatic amines is 2. The number of hydrogen-bond acceptors (Lipinski definition) is 15. The number of benzene rings is 1. The number of aromatic nitrogens is 10. The van der Waals surface area contributed by atoms with E-state index in [1.165, 1.54) is 13.6 Å². The third kappa shape index (κ3) is 11.8. The predicted molar refractivity (Wildman–Crippen MR) is 307 cm³/mol. The number of fused-ring (bicyclic) bond motifs is 6. The molecule has 1 aromatic carbocycles. The van der Waals surface area contributed by atoms with E-state index in [9.17, 15) is 24.1 Å². The summed E-state index contributed by atoms with van der Waals surface area (Å²) in [7, 11) is -6.23. The number of ether oxygens (including phenoxy) is 3. The van der Waals surface area contributed by atoms with Crippen LogP contribution in [0.3, 0.4) is 0 Å². The second kappa shape index (κ2) is 25.4. The molecule has 0 aliphatic carbocycles. The van der Waals surface area contributed by atoms with Gasteiger partial charge in [0.05, 0.1) is 24.9 Å². The molecule has 0 bridgehead atoms. The van der Waals surface area contributed by atoms with E-state index in [1.54, 1.807) is 58.4 Å². The van der Waals surface area contributed by atoms with Crippen molar-refractivity contribution < 1.29 is 42.1 Å².